The third-order valence-corrected chi connectivity index (χ3v) is 9.97. The lowest BCUT2D eigenvalue weighted by Gasteiger charge is -2.18. The van der Waals surface area contributed by atoms with Crippen LogP contribution in [0, 0.1) is 0 Å². The molecule has 0 saturated heterocycles. The fourth-order valence-electron chi connectivity index (χ4n) is 7.56. The number of para-hydroxylation sites is 1. The number of hydrogen-bond acceptors (Lipinski definition) is 3. The molecule has 2 heterocycles. The Kier molecular flexibility index (Phi) is 6.31. The summed E-state index contributed by atoms with van der Waals surface area (Å²) in [6.45, 7) is 0. The van der Waals surface area contributed by atoms with Crippen molar-refractivity contribution in [2.24, 2.45) is 0 Å². The average Bonchev–Trinajstić information content (AvgIpc) is 3.55. The number of nitrogens with zero attached hydrogens (tertiary/aromatic N) is 2. The Morgan fingerprint density at radius 2 is 1.27 bits per heavy atom. The minimum absolute atomic E-state index is 0.725. The lowest BCUT2D eigenvalue weighted by Crippen LogP contribution is -2.02. The van der Waals surface area contributed by atoms with Crippen molar-refractivity contribution in [2.45, 2.75) is 12.8 Å². The molecule has 3 nitrogen and oxygen atoms in total. The van der Waals surface area contributed by atoms with E-state index < -0.39 is 0 Å². The second kappa shape index (κ2) is 11.1. The molecule has 0 atom stereocenters. The molecular weight excluding hydrogens is 597 g/mol. The zero-order valence-corrected chi connectivity index (χ0v) is 26.7. The molecule has 0 aliphatic heterocycles. The van der Waals surface area contributed by atoms with Gasteiger partial charge in [-0.1, -0.05) is 133 Å². The van der Waals surface area contributed by atoms with E-state index in [2.05, 4.69) is 152 Å². The molecular formula is C46H30N2O. The van der Waals surface area contributed by atoms with Crippen LogP contribution in [-0.4, -0.2) is 9.97 Å². The number of benzene rings is 7. The summed E-state index contributed by atoms with van der Waals surface area (Å²) in [5, 5.41) is 5.76. The van der Waals surface area contributed by atoms with Crippen LogP contribution in [0.2, 0.25) is 0 Å². The van der Waals surface area contributed by atoms with E-state index in [0.717, 1.165) is 79.5 Å². The van der Waals surface area contributed by atoms with Gasteiger partial charge in [-0.25, -0.2) is 9.97 Å². The number of aromatic nitrogens is 2. The first-order valence-electron chi connectivity index (χ1n) is 16.9. The zero-order chi connectivity index (χ0) is 32.3. The number of fused-ring (bicyclic) bond motifs is 7. The van der Waals surface area contributed by atoms with E-state index in [4.69, 9.17) is 14.4 Å². The van der Waals surface area contributed by atoms with Gasteiger partial charge in [0.15, 0.2) is 5.82 Å². The quantitative estimate of drug-likeness (QED) is 0.195. The molecule has 0 bridgehead atoms. The van der Waals surface area contributed by atoms with Gasteiger partial charge in [0, 0.05) is 32.8 Å². The molecule has 10 rings (SSSR count). The largest absolute Gasteiger partial charge is 0.455 e. The van der Waals surface area contributed by atoms with Crippen LogP contribution in [0.5, 0.6) is 0 Å². The van der Waals surface area contributed by atoms with Crippen molar-refractivity contribution in [1.82, 2.24) is 9.97 Å². The Hall–Kier alpha value is -6.32. The minimum atomic E-state index is 0.725. The third kappa shape index (κ3) is 4.58. The molecule has 3 heteroatoms. The Bertz CT molecular complexity index is 2750. The van der Waals surface area contributed by atoms with Gasteiger partial charge >= 0.3 is 0 Å². The minimum Gasteiger partial charge on any atom is -0.455 e. The summed E-state index contributed by atoms with van der Waals surface area (Å²) in [6.07, 6.45) is 6.41. The maximum absolute atomic E-state index is 6.67. The highest BCUT2D eigenvalue weighted by molar-refractivity contribution is 6.11. The fraction of sp³-hybridized carbons (Fsp3) is 0.0435. The van der Waals surface area contributed by atoms with Crippen molar-refractivity contribution in [3.8, 4) is 44.9 Å². The monoisotopic (exact) mass is 626 g/mol. The predicted molar refractivity (Wildman–Crippen MR) is 203 cm³/mol. The molecule has 0 spiro atoms. The van der Waals surface area contributed by atoms with E-state index >= 15 is 0 Å². The standard InChI is InChI=1S/C46H30N2O/c1-2-11-29(12-3-1)33-25-26-37-41-28-40(36-16-6-7-17-38(36)45(41)49-43(37)27-33)44-39-18-8-9-20-42(39)47-46(48-44)32-23-21-31(22-24-32)35-19-10-14-30-13-4-5-15-34(30)35/h1-5,7-15,17-28H,6,16H2. The van der Waals surface area contributed by atoms with Gasteiger partial charge in [0.25, 0.3) is 0 Å². The maximum Gasteiger partial charge on any atom is 0.160 e. The third-order valence-electron chi connectivity index (χ3n) is 9.97. The second-order valence-corrected chi connectivity index (χ2v) is 12.8. The van der Waals surface area contributed by atoms with Gasteiger partial charge in [-0.3, -0.25) is 0 Å². The SMILES string of the molecule is C1=Cc2c(c(-c3nc(-c4ccc(-c5cccc6ccccc56)cc4)nc4ccccc34)cc3c2oc2cc(-c4ccccc4)ccc23)CC1. The zero-order valence-electron chi connectivity index (χ0n) is 26.7. The Balaban J connectivity index is 1.15. The van der Waals surface area contributed by atoms with Crippen LogP contribution < -0.4 is 0 Å². The van der Waals surface area contributed by atoms with Crippen LogP contribution in [0.4, 0.5) is 0 Å². The Morgan fingerprint density at radius 3 is 2.16 bits per heavy atom. The van der Waals surface area contributed by atoms with Gasteiger partial charge in [0.2, 0.25) is 0 Å². The molecule has 0 radical (unpaired) electrons. The lowest BCUT2D eigenvalue weighted by molar-refractivity contribution is 0.667. The summed E-state index contributed by atoms with van der Waals surface area (Å²) in [6, 6.07) is 51.4. The maximum atomic E-state index is 6.67. The normalized spacial score (nSPS) is 12.7. The highest BCUT2D eigenvalue weighted by atomic mass is 16.3. The Labute approximate surface area is 283 Å². The highest BCUT2D eigenvalue weighted by Gasteiger charge is 2.23. The molecule has 2 aromatic heterocycles. The smallest absolute Gasteiger partial charge is 0.160 e. The van der Waals surface area contributed by atoms with E-state index in [1.807, 2.05) is 6.07 Å². The van der Waals surface area contributed by atoms with Gasteiger partial charge < -0.3 is 4.42 Å². The van der Waals surface area contributed by atoms with Crippen LogP contribution in [-0.2, 0) is 6.42 Å². The number of rotatable bonds is 4. The van der Waals surface area contributed by atoms with Crippen molar-refractivity contribution < 1.29 is 4.42 Å². The van der Waals surface area contributed by atoms with E-state index in [-0.39, 0.29) is 0 Å². The van der Waals surface area contributed by atoms with Gasteiger partial charge in [-0.05, 0) is 75.7 Å². The van der Waals surface area contributed by atoms with Crippen LogP contribution in [0.25, 0.3) is 94.6 Å². The second-order valence-electron chi connectivity index (χ2n) is 12.8. The van der Waals surface area contributed by atoms with Crippen molar-refractivity contribution in [3.05, 3.63) is 163 Å². The van der Waals surface area contributed by atoms with Gasteiger partial charge in [-0.15, -0.1) is 0 Å². The number of hydrogen-bond donors (Lipinski definition) is 0. The van der Waals surface area contributed by atoms with Crippen molar-refractivity contribution >= 4 is 49.7 Å². The van der Waals surface area contributed by atoms with Crippen molar-refractivity contribution in [1.29, 1.82) is 0 Å². The first kappa shape index (κ1) is 27.8. The van der Waals surface area contributed by atoms with Crippen LogP contribution in [0.15, 0.2) is 156 Å². The van der Waals surface area contributed by atoms with E-state index in [1.54, 1.807) is 0 Å². The number of allylic oxidation sites excluding steroid dienone is 1. The lowest BCUT2D eigenvalue weighted by atomic mass is 9.88. The summed E-state index contributed by atoms with van der Waals surface area (Å²) < 4.78 is 6.67. The summed E-state index contributed by atoms with van der Waals surface area (Å²) in [7, 11) is 0. The van der Waals surface area contributed by atoms with Crippen LogP contribution in [0.3, 0.4) is 0 Å². The molecule has 1 aliphatic carbocycles. The topological polar surface area (TPSA) is 38.9 Å². The van der Waals surface area contributed by atoms with E-state index in [1.165, 1.54) is 33.0 Å². The van der Waals surface area contributed by atoms with Crippen LogP contribution in [0.1, 0.15) is 17.5 Å². The Morgan fingerprint density at radius 1 is 0.510 bits per heavy atom. The van der Waals surface area contributed by atoms with E-state index in [9.17, 15) is 0 Å². The molecule has 7 aromatic carbocycles. The van der Waals surface area contributed by atoms with Crippen molar-refractivity contribution in [2.75, 3.05) is 0 Å². The summed E-state index contributed by atoms with van der Waals surface area (Å²) in [5.74, 6) is 0.725. The molecule has 1 aliphatic rings. The molecule has 9 aromatic rings. The predicted octanol–water partition coefficient (Wildman–Crippen LogP) is 12.3. The summed E-state index contributed by atoms with van der Waals surface area (Å²) in [4.78, 5) is 10.5. The molecule has 230 valence electrons. The highest BCUT2D eigenvalue weighted by Crippen LogP contribution is 2.43. The first-order valence-corrected chi connectivity index (χ1v) is 16.9. The van der Waals surface area contributed by atoms with Crippen molar-refractivity contribution in [3.63, 3.8) is 0 Å². The molecule has 49 heavy (non-hydrogen) atoms. The molecule has 0 N–H and O–H groups in total. The fourth-order valence-corrected chi connectivity index (χ4v) is 7.56. The molecule has 0 fully saturated rings. The molecule has 0 amide bonds. The average molecular weight is 627 g/mol. The van der Waals surface area contributed by atoms with Crippen LogP contribution >= 0.6 is 0 Å². The molecule has 0 unspecified atom stereocenters. The number of furan rings is 1. The molecule has 0 saturated carbocycles. The van der Waals surface area contributed by atoms with Gasteiger partial charge in [0.05, 0.1) is 11.2 Å². The van der Waals surface area contributed by atoms with Gasteiger partial charge in [-0.2, -0.15) is 0 Å². The van der Waals surface area contributed by atoms with Gasteiger partial charge in [0.1, 0.15) is 11.2 Å². The summed E-state index contributed by atoms with van der Waals surface area (Å²) >= 11 is 0. The summed E-state index contributed by atoms with van der Waals surface area (Å²) in [5.41, 5.74) is 13.0. The first-order chi connectivity index (χ1) is 24.3. The van der Waals surface area contributed by atoms with E-state index in [0.29, 0.717) is 0 Å².